The minimum absolute atomic E-state index is 0.0309. The molecule has 2 aliphatic heterocycles. The van der Waals surface area contributed by atoms with Crippen molar-refractivity contribution in [3.8, 4) is 22.8 Å². The number of carbonyl (C=O) groups excluding carboxylic acids is 3. The molecular formula is C60H64Cl3FN6O5. The Morgan fingerprint density at radius 3 is 2.19 bits per heavy atom. The van der Waals surface area contributed by atoms with Crippen molar-refractivity contribution in [2.75, 3.05) is 38.8 Å². The van der Waals surface area contributed by atoms with Crippen molar-refractivity contribution < 1.29 is 28.2 Å². The molecule has 0 spiro atoms. The zero-order chi connectivity index (χ0) is 53.0. The monoisotopic (exact) mass is 1070 g/mol. The third-order valence-electron chi connectivity index (χ3n) is 13.9. The summed E-state index contributed by atoms with van der Waals surface area (Å²) in [7, 11) is 3.07. The summed E-state index contributed by atoms with van der Waals surface area (Å²) in [4.78, 5) is 59.0. The second kappa shape index (κ2) is 25.9. The van der Waals surface area contributed by atoms with Crippen LogP contribution in [0.25, 0.3) is 11.3 Å². The van der Waals surface area contributed by atoms with Crippen LogP contribution in [-0.2, 0) is 22.6 Å². The Bertz CT molecular complexity index is 3010. The topological polar surface area (TPSA) is 126 Å². The van der Waals surface area contributed by atoms with E-state index in [0.29, 0.717) is 93.3 Å². The number of methoxy groups -OCH3 is 2. The van der Waals surface area contributed by atoms with Gasteiger partial charge in [-0.2, -0.15) is 0 Å². The molecule has 1 saturated heterocycles. The predicted octanol–water partition coefficient (Wildman–Crippen LogP) is 13.5. The second-order valence-electron chi connectivity index (χ2n) is 19.8. The van der Waals surface area contributed by atoms with Crippen LogP contribution in [-0.4, -0.2) is 78.1 Å². The number of ether oxygens (including phenoxy) is 2. The fraction of sp³-hybridized carbons (Fsp3) is 0.367. The summed E-state index contributed by atoms with van der Waals surface area (Å²) in [5, 5.41) is 4.77. The predicted molar refractivity (Wildman–Crippen MR) is 297 cm³/mol. The molecule has 1 aromatic heterocycles. The molecule has 2 atom stereocenters. The fourth-order valence-corrected chi connectivity index (χ4v) is 10.7. The number of piperazine rings is 1. The van der Waals surface area contributed by atoms with Crippen LogP contribution in [0.5, 0.6) is 11.5 Å². The maximum absolute atomic E-state index is 15.4. The zero-order valence-electron chi connectivity index (χ0n) is 43.0. The molecule has 11 nitrogen and oxygen atoms in total. The van der Waals surface area contributed by atoms with Gasteiger partial charge in [-0.05, 0) is 109 Å². The standard InChI is InChI=1S/C60H64Cl3FN6O5/c1-38(2)29-46-36-69(37-51(40-17-19-42(61)20-18-40)70(46)45-24-21-43(62)22-25-45)57(73)33-56(72)65-28-11-9-7-5-6-8-10-14-52(71)48-26-16-39(30-54(48)75-4)31-55-66-34-41-35-67-60(58-50(64)13-12-15-53(58)74-3)49-32-44(63)23-27-47(49)59(41)68-55/h12-13,15-27,30,32,34,38,46,51H,5-11,14,28-29,31,33,35-37H2,1-4H3,(H,65,72)/t46-,51-/m0/s1. The van der Waals surface area contributed by atoms with E-state index in [1.807, 2.05) is 77.7 Å². The highest BCUT2D eigenvalue weighted by Gasteiger charge is 2.38. The lowest BCUT2D eigenvalue weighted by atomic mass is 9.92. The minimum atomic E-state index is -0.456. The number of benzene rings is 5. The van der Waals surface area contributed by atoms with Gasteiger partial charge in [0.05, 0.1) is 49.3 Å². The number of hydrogen-bond donors (Lipinski definition) is 1. The second-order valence-corrected chi connectivity index (χ2v) is 21.1. The van der Waals surface area contributed by atoms with Crippen LogP contribution in [0.4, 0.5) is 10.1 Å². The first-order chi connectivity index (χ1) is 36.3. The number of unbranched alkanes of at least 4 members (excludes halogenated alkanes) is 6. The van der Waals surface area contributed by atoms with Gasteiger partial charge in [0, 0.05) is 82.2 Å². The first-order valence-corrected chi connectivity index (χ1v) is 27.0. The Morgan fingerprint density at radius 1 is 0.773 bits per heavy atom. The Balaban J connectivity index is 0.764. The lowest BCUT2D eigenvalue weighted by Gasteiger charge is -2.49. The number of fused-ring (bicyclic) bond motifs is 3. The van der Waals surface area contributed by atoms with Gasteiger partial charge in [0.2, 0.25) is 11.8 Å². The van der Waals surface area contributed by atoms with Crippen LogP contribution in [0, 0.1) is 11.7 Å². The van der Waals surface area contributed by atoms with Gasteiger partial charge in [0.1, 0.15) is 29.6 Å². The van der Waals surface area contributed by atoms with Gasteiger partial charge in [0.25, 0.3) is 0 Å². The van der Waals surface area contributed by atoms with Crippen LogP contribution in [0.1, 0.15) is 128 Å². The summed E-state index contributed by atoms with van der Waals surface area (Å²) in [6.07, 6.45) is 9.79. The Hall–Kier alpha value is -6.34. The van der Waals surface area contributed by atoms with E-state index in [4.69, 9.17) is 54.3 Å². The average Bonchev–Trinajstić information content (AvgIpc) is 3.55. The first-order valence-electron chi connectivity index (χ1n) is 25.9. The van der Waals surface area contributed by atoms with Gasteiger partial charge in [-0.15, -0.1) is 0 Å². The van der Waals surface area contributed by atoms with Crippen LogP contribution in [0.3, 0.4) is 0 Å². The quantitative estimate of drug-likeness (QED) is 0.0405. The highest BCUT2D eigenvalue weighted by molar-refractivity contribution is 6.32. The van der Waals surface area contributed by atoms with Crippen LogP contribution >= 0.6 is 34.8 Å². The van der Waals surface area contributed by atoms with Crippen molar-refractivity contribution in [1.82, 2.24) is 20.2 Å². The molecule has 5 aromatic carbocycles. The molecule has 3 heterocycles. The number of ketones is 1. The number of anilines is 1. The molecule has 1 N–H and O–H groups in total. The van der Waals surface area contributed by atoms with Crippen molar-refractivity contribution in [2.45, 2.75) is 103 Å². The third-order valence-corrected chi connectivity index (χ3v) is 14.7. The molecule has 75 heavy (non-hydrogen) atoms. The van der Waals surface area contributed by atoms with Gasteiger partial charge in [-0.25, -0.2) is 14.4 Å². The lowest BCUT2D eigenvalue weighted by Crippen LogP contribution is -2.57. The fourth-order valence-electron chi connectivity index (χ4n) is 10.2. The molecule has 0 radical (unpaired) electrons. The zero-order valence-corrected chi connectivity index (χ0v) is 45.3. The van der Waals surface area contributed by atoms with Gasteiger partial charge in [0.15, 0.2) is 5.78 Å². The summed E-state index contributed by atoms with van der Waals surface area (Å²) in [6, 6.07) is 31.3. The largest absolute Gasteiger partial charge is 0.496 e. The number of amides is 2. The van der Waals surface area contributed by atoms with E-state index in [0.717, 1.165) is 79.3 Å². The number of rotatable bonds is 22. The molecule has 2 amide bonds. The van der Waals surface area contributed by atoms with Crippen LogP contribution in [0.15, 0.2) is 114 Å². The van der Waals surface area contributed by atoms with Crippen molar-refractivity contribution in [3.63, 3.8) is 0 Å². The van der Waals surface area contributed by atoms with E-state index in [1.165, 1.54) is 13.2 Å². The molecule has 0 aliphatic carbocycles. The molecular weight excluding hydrogens is 1010 g/mol. The van der Waals surface area contributed by atoms with Gasteiger partial charge < -0.3 is 24.6 Å². The van der Waals surface area contributed by atoms with E-state index in [2.05, 4.69) is 29.0 Å². The molecule has 2 aliphatic rings. The summed E-state index contributed by atoms with van der Waals surface area (Å²) >= 11 is 19.1. The maximum atomic E-state index is 15.4. The van der Waals surface area contributed by atoms with E-state index in [9.17, 15) is 14.4 Å². The van der Waals surface area contributed by atoms with Gasteiger partial charge in [-0.3, -0.25) is 19.4 Å². The molecule has 15 heteroatoms. The van der Waals surface area contributed by atoms with Crippen molar-refractivity contribution >= 4 is 63.8 Å². The molecule has 0 unspecified atom stereocenters. The maximum Gasteiger partial charge on any atom is 0.232 e. The Labute approximate surface area is 454 Å². The van der Waals surface area contributed by atoms with E-state index >= 15 is 4.39 Å². The number of carbonyl (C=O) groups is 3. The third kappa shape index (κ3) is 13.9. The molecule has 8 rings (SSSR count). The minimum Gasteiger partial charge on any atom is -0.496 e. The number of hydrogen-bond acceptors (Lipinski definition) is 9. The first kappa shape index (κ1) is 54.9. The number of nitrogens with one attached hydrogen (secondary N) is 1. The Kier molecular flexibility index (Phi) is 19.0. The molecule has 6 aromatic rings. The van der Waals surface area contributed by atoms with Crippen LogP contribution < -0.4 is 19.7 Å². The summed E-state index contributed by atoms with van der Waals surface area (Å²) in [6.45, 7) is 6.09. The number of aliphatic imine (C=N–C) groups is 1. The summed E-state index contributed by atoms with van der Waals surface area (Å²) < 4.78 is 26.6. The van der Waals surface area contributed by atoms with Gasteiger partial charge in [-0.1, -0.05) is 111 Å². The Morgan fingerprint density at radius 2 is 1.47 bits per heavy atom. The summed E-state index contributed by atoms with van der Waals surface area (Å²) in [5.41, 5.74) is 7.06. The number of Topliss-reactive ketones (excluding diaryl/α,β-unsaturated/α-hetero) is 1. The molecule has 1 fully saturated rings. The molecule has 392 valence electrons. The summed E-state index contributed by atoms with van der Waals surface area (Å²) in [5.74, 6) is 0.969. The highest BCUT2D eigenvalue weighted by atomic mass is 35.5. The van der Waals surface area contributed by atoms with Crippen molar-refractivity contribution in [3.05, 3.63) is 169 Å². The van der Waals surface area contributed by atoms with E-state index in [-0.39, 0.29) is 48.2 Å². The lowest BCUT2D eigenvalue weighted by molar-refractivity contribution is -0.137. The van der Waals surface area contributed by atoms with Gasteiger partial charge >= 0.3 is 0 Å². The molecule has 0 bridgehead atoms. The number of halogens is 4. The SMILES string of the molecule is COc1cc(Cc2ncc3c(n2)-c2ccc(Cl)cc2C(c2c(F)cccc2OC)=NC3)ccc1C(=O)CCCCCCCCCNC(=O)CC(=O)N1C[C@H](CC(C)C)N(c2ccc(Cl)cc2)[C@H](c2ccc(Cl)cc2)C1. The molecule has 0 saturated carbocycles. The van der Waals surface area contributed by atoms with Crippen LogP contribution in [0.2, 0.25) is 15.1 Å². The smallest absolute Gasteiger partial charge is 0.232 e. The van der Waals surface area contributed by atoms with E-state index < -0.39 is 5.82 Å². The number of nitrogens with zero attached hydrogens (tertiary/aromatic N) is 5. The van der Waals surface area contributed by atoms with Crippen molar-refractivity contribution in [2.24, 2.45) is 10.9 Å². The highest BCUT2D eigenvalue weighted by Crippen LogP contribution is 2.39. The number of aromatic nitrogens is 2. The normalized spacial score (nSPS) is 15.2. The van der Waals surface area contributed by atoms with E-state index in [1.54, 1.807) is 37.6 Å². The average molecular weight is 1070 g/mol. The van der Waals surface area contributed by atoms with Crippen molar-refractivity contribution in [1.29, 1.82) is 0 Å².